The first-order chi connectivity index (χ1) is 19.2. The van der Waals surface area contributed by atoms with Gasteiger partial charge in [-0.15, -0.1) is 22.7 Å². The molecular weight excluding hydrogens is 533 g/mol. The number of aryl methyl sites for hydroxylation is 3. The van der Waals surface area contributed by atoms with Crippen molar-refractivity contribution in [3.63, 3.8) is 0 Å². The number of fused-ring (bicyclic) bond motifs is 2. The summed E-state index contributed by atoms with van der Waals surface area (Å²) < 4.78 is 0. The molecule has 2 N–H and O–H groups in total. The number of piperidine rings is 1. The Morgan fingerprint density at radius 2 is 1.85 bits per heavy atom. The number of hydrogen-bond donors (Lipinski definition) is 2. The molecule has 5 nitrogen and oxygen atoms in total. The molecule has 3 aromatic heterocycles. The number of amides is 1. The second-order valence-corrected chi connectivity index (χ2v) is 14.5. The van der Waals surface area contributed by atoms with Gasteiger partial charge in [-0.2, -0.15) is 0 Å². The molecule has 4 aromatic rings. The molecule has 7 heteroatoms. The van der Waals surface area contributed by atoms with E-state index in [2.05, 4.69) is 79.1 Å². The van der Waals surface area contributed by atoms with Crippen LogP contribution in [0.3, 0.4) is 0 Å². The van der Waals surface area contributed by atoms with Crippen molar-refractivity contribution < 1.29 is 4.79 Å². The molecule has 0 bridgehead atoms. The second kappa shape index (κ2) is 11.1. The van der Waals surface area contributed by atoms with Gasteiger partial charge in [-0.1, -0.05) is 17.2 Å². The number of H-pyrrole nitrogens is 1. The van der Waals surface area contributed by atoms with Gasteiger partial charge in [0.1, 0.15) is 4.83 Å². The Morgan fingerprint density at radius 1 is 1.07 bits per heavy atom. The lowest BCUT2D eigenvalue weighted by atomic mass is 9.72. The monoisotopic (exact) mass is 574 g/mol. The van der Waals surface area contributed by atoms with Gasteiger partial charge in [0, 0.05) is 34.3 Å². The number of thiazole rings is 1. The third-order valence-electron chi connectivity index (χ3n) is 9.20. The zero-order valence-electron chi connectivity index (χ0n) is 24.5. The van der Waals surface area contributed by atoms with Crippen molar-refractivity contribution in [3.05, 3.63) is 61.9 Å². The fourth-order valence-electron chi connectivity index (χ4n) is 6.78. The van der Waals surface area contributed by atoms with E-state index in [1.807, 2.05) is 5.51 Å². The van der Waals surface area contributed by atoms with Crippen molar-refractivity contribution in [2.45, 2.75) is 84.6 Å². The minimum atomic E-state index is -0.524. The van der Waals surface area contributed by atoms with E-state index in [1.165, 1.54) is 67.2 Å². The van der Waals surface area contributed by atoms with Crippen molar-refractivity contribution in [1.82, 2.24) is 20.2 Å². The molecule has 0 spiro atoms. The summed E-state index contributed by atoms with van der Waals surface area (Å²) in [6, 6.07) is 9.59. The predicted molar refractivity (Wildman–Crippen MR) is 169 cm³/mol. The maximum atomic E-state index is 13.9. The lowest BCUT2D eigenvalue weighted by Crippen LogP contribution is -2.57. The maximum absolute atomic E-state index is 13.9. The number of aromatic nitrogens is 2. The lowest BCUT2D eigenvalue weighted by Gasteiger charge is -2.50. The van der Waals surface area contributed by atoms with Gasteiger partial charge < -0.3 is 15.2 Å². The van der Waals surface area contributed by atoms with E-state index in [4.69, 9.17) is 0 Å². The van der Waals surface area contributed by atoms with E-state index < -0.39 is 5.41 Å². The Hall–Kier alpha value is -2.48. The van der Waals surface area contributed by atoms with Crippen LogP contribution in [0.15, 0.2) is 29.8 Å². The molecular formula is C33H42N4OS2. The summed E-state index contributed by atoms with van der Waals surface area (Å²) in [5.41, 5.74) is 8.94. The quantitative estimate of drug-likeness (QED) is 0.206. The van der Waals surface area contributed by atoms with Gasteiger partial charge in [-0.05, 0) is 115 Å². The molecule has 0 radical (unpaired) electrons. The van der Waals surface area contributed by atoms with Crippen molar-refractivity contribution in [1.29, 1.82) is 0 Å². The van der Waals surface area contributed by atoms with Gasteiger partial charge in [0.2, 0.25) is 5.91 Å². The van der Waals surface area contributed by atoms with Crippen LogP contribution >= 0.6 is 22.7 Å². The third kappa shape index (κ3) is 5.17. The minimum Gasteiger partial charge on any atom is -0.346 e. The van der Waals surface area contributed by atoms with Gasteiger partial charge in [0.05, 0.1) is 22.3 Å². The van der Waals surface area contributed by atoms with Crippen LogP contribution in [-0.4, -0.2) is 46.5 Å². The molecule has 212 valence electrons. The molecule has 2 unspecified atom stereocenters. The molecule has 1 saturated carbocycles. The van der Waals surface area contributed by atoms with E-state index in [9.17, 15) is 4.79 Å². The molecule has 2 fully saturated rings. The number of aromatic amines is 1. The molecule has 1 aliphatic heterocycles. The molecule has 6 rings (SSSR count). The zero-order valence-corrected chi connectivity index (χ0v) is 26.2. The van der Waals surface area contributed by atoms with Crippen LogP contribution in [0.2, 0.25) is 0 Å². The number of thiophene rings is 1. The van der Waals surface area contributed by atoms with Crippen molar-refractivity contribution in [2.24, 2.45) is 5.92 Å². The Kier molecular flexibility index (Phi) is 7.66. The van der Waals surface area contributed by atoms with Gasteiger partial charge >= 0.3 is 0 Å². The summed E-state index contributed by atoms with van der Waals surface area (Å²) in [6.07, 6.45) is 6.85. The number of hydrogen-bond acceptors (Lipinski definition) is 5. The SMILES string of the molecule is Cc1cc(C)cc(-c2[nH]c3sc(C(C)(C)C(=O)N4CCCC5CCC54)cc3c2CCNCCc2scnc2C)c1. The van der Waals surface area contributed by atoms with Crippen molar-refractivity contribution >= 4 is 38.8 Å². The highest BCUT2D eigenvalue weighted by atomic mass is 32.1. The van der Waals surface area contributed by atoms with E-state index >= 15 is 0 Å². The predicted octanol–water partition coefficient (Wildman–Crippen LogP) is 7.33. The summed E-state index contributed by atoms with van der Waals surface area (Å²) in [5, 5.41) is 4.95. The van der Waals surface area contributed by atoms with Crippen LogP contribution in [0.25, 0.3) is 21.5 Å². The van der Waals surface area contributed by atoms with Crippen LogP contribution in [0.1, 0.15) is 71.7 Å². The van der Waals surface area contributed by atoms with E-state index in [-0.39, 0.29) is 0 Å². The smallest absolute Gasteiger partial charge is 0.233 e. The zero-order chi connectivity index (χ0) is 28.0. The first-order valence-corrected chi connectivity index (χ1v) is 16.6. The van der Waals surface area contributed by atoms with Gasteiger partial charge in [-0.3, -0.25) is 4.79 Å². The molecule has 1 aromatic carbocycles. The molecule has 4 heterocycles. The number of carbonyl (C=O) groups excluding carboxylic acids is 1. The number of benzene rings is 1. The minimum absolute atomic E-state index is 0.307. The molecule has 40 heavy (non-hydrogen) atoms. The second-order valence-electron chi connectivity index (χ2n) is 12.5. The van der Waals surface area contributed by atoms with Crippen molar-refractivity contribution in [2.75, 3.05) is 19.6 Å². The highest BCUT2D eigenvalue weighted by molar-refractivity contribution is 7.19. The number of carbonyl (C=O) groups is 1. The fraction of sp³-hybridized carbons (Fsp3) is 0.515. The molecule has 1 saturated heterocycles. The fourth-order valence-corrected chi connectivity index (χ4v) is 8.74. The Bertz CT molecular complexity index is 1510. The summed E-state index contributed by atoms with van der Waals surface area (Å²) >= 11 is 3.51. The number of likely N-dealkylation sites (tertiary alicyclic amines) is 1. The highest BCUT2D eigenvalue weighted by Gasteiger charge is 2.45. The molecule has 1 aliphatic carbocycles. The Balaban J connectivity index is 1.27. The largest absolute Gasteiger partial charge is 0.346 e. The van der Waals surface area contributed by atoms with Crippen LogP contribution in [0.4, 0.5) is 0 Å². The molecule has 2 atom stereocenters. The van der Waals surface area contributed by atoms with E-state index in [0.717, 1.165) is 50.5 Å². The van der Waals surface area contributed by atoms with E-state index in [1.54, 1.807) is 22.7 Å². The Morgan fingerprint density at radius 3 is 2.55 bits per heavy atom. The Labute approximate surface area is 246 Å². The van der Waals surface area contributed by atoms with Crippen LogP contribution in [-0.2, 0) is 23.1 Å². The van der Waals surface area contributed by atoms with Gasteiger partial charge in [0.25, 0.3) is 0 Å². The normalized spacial score (nSPS) is 19.2. The standard InChI is InChI=1S/C33H42N4OS2/c1-20-15-21(2)17-24(16-20)30-25(10-12-34-13-11-28-22(3)35-19-39-28)26-18-29(40-31(26)36-30)33(4,5)32(38)37-14-6-7-23-8-9-27(23)37/h15-19,23,27,34,36H,6-14H2,1-5H3. The first kappa shape index (κ1) is 27.7. The topological polar surface area (TPSA) is 61.0 Å². The summed E-state index contributed by atoms with van der Waals surface area (Å²) in [5.74, 6) is 1.03. The first-order valence-electron chi connectivity index (χ1n) is 14.9. The number of nitrogens with one attached hydrogen (secondary N) is 2. The van der Waals surface area contributed by atoms with Crippen LogP contribution in [0, 0.1) is 26.7 Å². The lowest BCUT2D eigenvalue weighted by molar-refractivity contribution is -0.145. The van der Waals surface area contributed by atoms with E-state index in [0.29, 0.717) is 11.9 Å². The summed E-state index contributed by atoms with van der Waals surface area (Å²) in [7, 11) is 0. The summed E-state index contributed by atoms with van der Waals surface area (Å²) in [6.45, 7) is 13.5. The maximum Gasteiger partial charge on any atom is 0.233 e. The average molecular weight is 575 g/mol. The van der Waals surface area contributed by atoms with Crippen LogP contribution < -0.4 is 5.32 Å². The van der Waals surface area contributed by atoms with Gasteiger partial charge in [0.15, 0.2) is 0 Å². The summed E-state index contributed by atoms with van der Waals surface area (Å²) in [4.78, 5) is 28.1. The van der Waals surface area contributed by atoms with Gasteiger partial charge in [-0.25, -0.2) is 4.98 Å². The molecule has 2 aliphatic rings. The number of rotatable bonds is 9. The highest BCUT2D eigenvalue weighted by Crippen LogP contribution is 2.44. The number of nitrogens with zero attached hydrogens (tertiary/aromatic N) is 2. The van der Waals surface area contributed by atoms with Crippen LogP contribution in [0.5, 0.6) is 0 Å². The average Bonchev–Trinajstić information content (AvgIpc) is 3.59. The molecule has 1 amide bonds. The third-order valence-corrected chi connectivity index (χ3v) is 11.6. The van der Waals surface area contributed by atoms with Crippen molar-refractivity contribution in [3.8, 4) is 11.3 Å².